The van der Waals surface area contributed by atoms with Crippen molar-refractivity contribution in [2.75, 3.05) is 13.6 Å². The number of carbonyl (C=O) groups excluding carboxylic acids is 2. The van der Waals surface area contributed by atoms with Crippen LogP contribution in [0.25, 0.3) is 10.8 Å². The summed E-state index contributed by atoms with van der Waals surface area (Å²) in [4.78, 5) is 23.6. The van der Waals surface area contributed by atoms with Crippen LogP contribution in [-0.2, 0) is 14.8 Å². The fraction of sp³-hybridized carbons (Fsp3) is 0.143. The number of Topliss-reactive ketones (excluding diaryl/α,β-unsaturated/α-hetero) is 1. The van der Waals surface area contributed by atoms with Gasteiger partial charge in [0.2, 0.25) is 10.0 Å². The van der Waals surface area contributed by atoms with Gasteiger partial charge < -0.3 is 4.74 Å². The van der Waals surface area contributed by atoms with Crippen LogP contribution in [0.5, 0.6) is 5.75 Å². The Balaban J connectivity index is 1.70. The number of ether oxygens (including phenoxy) is 1. The van der Waals surface area contributed by atoms with Crippen molar-refractivity contribution in [2.24, 2.45) is 0 Å². The lowest BCUT2D eigenvalue weighted by molar-refractivity contribution is -0.134. The molecule has 0 saturated heterocycles. The minimum atomic E-state index is -3.89. The molecule has 3 aromatic rings. The van der Waals surface area contributed by atoms with Crippen LogP contribution in [-0.4, -0.2) is 38.1 Å². The van der Waals surface area contributed by atoms with E-state index in [1.807, 2.05) is 24.3 Å². The number of hydrogen-bond donors (Lipinski definition) is 0. The van der Waals surface area contributed by atoms with Crippen LogP contribution in [0, 0.1) is 0 Å². The van der Waals surface area contributed by atoms with Crippen LogP contribution < -0.4 is 4.74 Å². The Morgan fingerprint density at radius 3 is 2.24 bits per heavy atom. The fourth-order valence-electron chi connectivity index (χ4n) is 2.73. The average molecular weight is 476 g/mol. The summed E-state index contributed by atoms with van der Waals surface area (Å²) in [6.07, 6.45) is 0. The molecule has 0 aromatic heterocycles. The third-order valence-corrected chi connectivity index (χ3v) is 6.64. The molecule has 0 spiro atoms. The quantitative estimate of drug-likeness (QED) is 0.305. The molecule has 3 rings (SSSR count). The summed E-state index contributed by atoms with van der Waals surface area (Å²) in [5.74, 6) is -0.525. The first kappa shape index (κ1) is 21.2. The highest BCUT2D eigenvalue weighted by Gasteiger charge is 2.24. The first-order chi connectivity index (χ1) is 13.7. The van der Waals surface area contributed by atoms with E-state index in [9.17, 15) is 18.0 Å². The van der Waals surface area contributed by atoms with Gasteiger partial charge in [-0.15, -0.1) is 0 Å². The summed E-state index contributed by atoms with van der Waals surface area (Å²) in [7, 11) is -2.59. The highest BCUT2D eigenvalue weighted by atomic mass is 79.9. The van der Waals surface area contributed by atoms with Crippen molar-refractivity contribution in [2.45, 2.75) is 11.8 Å². The average Bonchev–Trinajstić information content (AvgIpc) is 2.68. The normalized spacial score (nSPS) is 11.6. The first-order valence-corrected chi connectivity index (χ1v) is 10.9. The Labute approximate surface area is 177 Å². The lowest BCUT2D eigenvalue weighted by atomic mass is 10.1. The summed E-state index contributed by atoms with van der Waals surface area (Å²) >= 11 is 3.40. The van der Waals surface area contributed by atoms with Crippen molar-refractivity contribution < 1.29 is 22.7 Å². The first-order valence-electron chi connectivity index (χ1n) is 8.64. The van der Waals surface area contributed by atoms with Gasteiger partial charge in [-0.2, -0.15) is 4.31 Å². The zero-order chi connectivity index (χ0) is 21.2. The number of benzene rings is 3. The van der Waals surface area contributed by atoms with Crippen LogP contribution in [0.4, 0.5) is 0 Å². The van der Waals surface area contributed by atoms with Gasteiger partial charge in [0.15, 0.2) is 5.78 Å². The smallest absolute Gasteiger partial charge is 0.326 e. The number of sulfonamides is 1. The lowest BCUT2D eigenvalue weighted by Gasteiger charge is -2.16. The van der Waals surface area contributed by atoms with Crippen molar-refractivity contribution in [1.82, 2.24) is 4.31 Å². The summed E-state index contributed by atoms with van der Waals surface area (Å²) in [6, 6.07) is 16.5. The Bertz CT molecular complexity index is 1190. The second kappa shape index (κ2) is 8.44. The predicted octanol–water partition coefficient (Wildman–Crippen LogP) is 4.03. The van der Waals surface area contributed by atoms with Gasteiger partial charge >= 0.3 is 5.97 Å². The molecule has 0 amide bonds. The van der Waals surface area contributed by atoms with Crippen molar-refractivity contribution in [3.05, 3.63) is 70.7 Å². The highest BCUT2D eigenvalue weighted by Crippen LogP contribution is 2.24. The number of halogens is 1. The molecule has 0 unspecified atom stereocenters. The summed E-state index contributed by atoms with van der Waals surface area (Å²) in [5, 5.41) is 1.87. The largest absolute Gasteiger partial charge is 0.426 e. The number of hydrogen-bond acceptors (Lipinski definition) is 5. The maximum atomic E-state index is 12.6. The number of rotatable bonds is 6. The van der Waals surface area contributed by atoms with Gasteiger partial charge in [-0.3, -0.25) is 9.59 Å². The van der Waals surface area contributed by atoms with E-state index in [2.05, 4.69) is 15.9 Å². The number of fused-ring (bicyclic) bond motifs is 1. The van der Waals surface area contributed by atoms with Gasteiger partial charge in [0, 0.05) is 17.1 Å². The monoisotopic (exact) mass is 475 g/mol. The molecule has 0 atom stereocenters. The van der Waals surface area contributed by atoms with E-state index in [-0.39, 0.29) is 10.7 Å². The van der Waals surface area contributed by atoms with E-state index in [1.54, 1.807) is 12.1 Å². The van der Waals surface area contributed by atoms with Crippen LogP contribution in [0.15, 0.2) is 70.0 Å². The molecule has 0 bridgehead atoms. The molecule has 0 radical (unpaired) electrons. The van der Waals surface area contributed by atoms with E-state index >= 15 is 0 Å². The number of carbonyl (C=O) groups is 2. The molecule has 0 saturated carbocycles. The Hall–Kier alpha value is -2.55. The maximum Gasteiger partial charge on any atom is 0.326 e. The summed E-state index contributed by atoms with van der Waals surface area (Å²) in [6.45, 7) is 0.951. The van der Waals surface area contributed by atoms with Gasteiger partial charge in [0.1, 0.15) is 12.3 Å². The minimum Gasteiger partial charge on any atom is -0.426 e. The minimum absolute atomic E-state index is 0.00548. The molecular weight excluding hydrogens is 458 g/mol. The highest BCUT2D eigenvalue weighted by molar-refractivity contribution is 9.10. The summed E-state index contributed by atoms with van der Waals surface area (Å²) in [5.41, 5.74) is 0.411. The van der Waals surface area contributed by atoms with Gasteiger partial charge in [-0.1, -0.05) is 40.2 Å². The molecule has 0 fully saturated rings. The van der Waals surface area contributed by atoms with Crippen LogP contribution in [0.1, 0.15) is 17.3 Å². The summed E-state index contributed by atoms with van der Waals surface area (Å²) < 4.78 is 32.4. The van der Waals surface area contributed by atoms with Gasteiger partial charge in [-0.25, -0.2) is 8.42 Å². The molecule has 0 heterocycles. The second-order valence-corrected chi connectivity index (χ2v) is 9.43. The van der Waals surface area contributed by atoms with Crippen LogP contribution in [0.2, 0.25) is 0 Å². The second-order valence-electron chi connectivity index (χ2n) is 6.47. The fourth-order valence-corrected chi connectivity index (χ4v) is 4.22. The number of likely N-dealkylation sites (N-methyl/N-ethyl adjacent to an activating group) is 1. The number of nitrogens with zero attached hydrogens (tertiary/aromatic N) is 1. The SMILES string of the molecule is CC(=O)c1ccc(S(=O)(=O)N(C)CC(=O)Oc2ccc3cc(Br)ccc3c2)cc1. The lowest BCUT2D eigenvalue weighted by Crippen LogP contribution is -2.34. The van der Waals surface area contributed by atoms with Crippen LogP contribution >= 0.6 is 15.9 Å². The number of esters is 1. The van der Waals surface area contributed by atoms with E-state index in [1.165, 1.54) is 38.2 Å². The van der Waals surface area contributed by atoms with Crippen molar-refractivity contribution in [3.8, 4) is 5.75 Å². The van der Waals surface area contributed by atoms with Gasteiger partial charge in [0.05, 0.1) is 4.90 Å². The van der Waals surface area contributed by atoms with Crippen molar-refractivity contribution in [3.63, 3.8) is 0 Å². The van der Waals surface area contributed by atoms with E-state index in [4.69, 9.17) is 4.74 Å². The van der Waals surface area contributed by atoms with E-state index in [0.717, 1.165) is 19.6 Å². The molecule has 150 valence electrons. The van der Waals surface area contributed by atoms with Crippen molar-refractivity contribution in [1.29, 1.82) is 0 Å². The molecule has 0 aliphatic carbocycles. The molecule has 29 heavy (non-hydrogen) atoms. The molecule has 6 nitrogen and oxygen atoms in total. The Kier molecular flexibility index (Phi) is 6.16. The zero-order valence-electron chi connectivity index (χ0n) is 15.8. The third kappa shape index (κ3) is 4.90. The predicted molar refractivity (Wildman–Crippen MR) is 114 cm³/mol. The van der Waals surface area contributed by atoms with Gasteiger partial charge in [0.25, 0.3) is 0 Å². The maximum absolute atomic E-state index is 12.6. The molecule has 3 aromatic carbocycles. The standard InChI is InChI=1S/C21H18BrNO5S/c1-14(24)15-5-9-20(10-6-15)29(26,27)23(2)13-21(25)28-19-8-4-16-11-18(22)7-3-17(16)12-19/h3-12H,13H2,1-2H3. The van der Waals surface area contributed by atoms with Crippen LogP contribution in [0.3, 0.4) is 0 Å². The van der Waals surface area contributed by atoms with Gasteiger partial charge in [-0.05, 0) is 54.1 Å². The zero-order valence-corrected chi connectivity index (χ0v) is 18.2. The Morgan fingerprint density at radius 2 is 1.59 bits per heavy atom. The molecule has 8 heteroatoms. The van der Waals surface area contributed by atoms with E-state index in [0.29, 0.717) is 11.3 Å². The molecule has 0 N–H and O–H groups in total. The molecule has 0 aliphatic heterocycles. The van der Waals surface area contributed by atoms with Crippen molar-refractivity contribution >= 4 is 48.5 Å². The Morgan fingerprint density at radius 1 is 0.966 bits per heavy atom. The topological polar surface area (TPSA) is 80.8 Å². The molecule has 0 aliphatic rings. The third-order valence-electron chi connectivity index (χ3n) is 4.33. The number of ketones is 1. The molecular formula is C21H18BrNO5S. The van der Waals surface area contributed by atoms with E-state index < -0.39 is 22.5 Å².